The third-order valence-electron chi connectivity index (χ3n) is 3.84. The standard InChI is InChI=1S/C17H16F2O2/c18-17(19)21-15-6-2-5-13(10-15)16(20)14-8-7-11-3-1-4-12(11)9-14/h2,5-10,16-17,20H,1,3-4H2. The molecule has 1 aliphatic carbocycles. The lowest BCUT2D eigenvalue weighted by Gasteiger charge is -2.14. The molecule has 1 atom stereocenters. The Kier molecular flexibility index (Phi) is 3.88. The van der Waals surface area contributed by atoms with Gasteiger partial charge in [0.25, 0.3) is 0 Å². The molecule has 1 aliphatic rings. The van der Waals surface area contributed by atoms with E-state index in [0.717, 1.165) is 24.8 Å². The summed E-state index contributed by atoms with van der Waals surface area (Å²) < 4.78 is 28.9. The molecule has 4 heteroatoms. The smallest absolute Gasteiger partial charge is 0.387 e. The number of aryl methyl sites for hydroxylation is 2. The molecular formula is C17H16F2O2. The van der Waals surface area contributed by atoms with Crippen LogP contribution in [0.15, 0.2) is 42.5 Å². The average molecular weight is 290 g/mol. The Bertz CT molecular complexity index is 640. The molecule has 0 saturated carbocycles. The van der Waals surface area contributed by atoms with Gasteiger partial charge in [-0.15, -0.1) is 0 Å². The fourth-order valence-corrected chi connectivity index (χ4v) is 2.82. The van der Waals surface area contributed by atoms with Crippen molar-refractivity contribution in [2.24, 2.45) is 0 Å². The Balaban J connectivity index is 1.86. The van der Waals surface area contributed by atoms with Crippen molar-refractivity contribution in [1.82, 2.24) is 0 Å². The van der Waals surface area contributed by atoms with Gasteiger partial charge in [-0.25, -0.2) is 0 Å². The number of rotatable bonds is 4. The van der Waals surface area contributed by atoms with Crippen molar-refractivity contribution in [3.63, 3.8) is 0 Å². The van der Waals surface area contributed by atoms with E-state index in [1.54, 1.807) is 12.1 Å². The number of hydrogen-bond donors (Lipinski definition) is 1. The van der Waals surface area contributed by atoms with Gasteiger partial charge in [-0.05, 0) is 53.6 Å². The molecule has 1 N–H and O–H groups in total. The SMILES string of the molecule is OC(c1cccc(OC(F)F)c1)c1ccc2c(c1)CCC2. The lowest BCUT2D eigenvalue weighted by Crippen LogP contribution is -2.04. The summed E-state index contributed by atoms with van der Waals surface area (Å²) in [6, 6.07) is 12.2. The summed E-state index contributed by atoms with van der Waals surface area (Å²) in [7, 11) is 0. The highest BCUT2D eigenvalue weighted by atomic mass is 19.3. The van der Waals surface area contributed by atoms with E-state index in [2.05, 4.69) is 4.74 Å². The van der Waals surface area contributed by atoms with Crippen LogP contribution in [0.3, 0.4) is 0 Å². The summed E-state index contributed by atoms with van der Waals surface area (Å²) >= 11 is 0. The highest BCUT2D eigenvalue weighted by molar-refractivity contribution is 5.40. The number of benzene rings is 2. The number of halogens is 2. The summed E-state index contributed by atoms with van der Waals surface area (Å²) in [5.74, 6) is 0.0581. The second kappa shape index (κ2) is 5.82. The summed E-state index contributed by atoms with van der Waals surface area (Å²) in [5, 5.41) is 10.4. The fraction of sp³-hybridized carbons (Fsp3) is 0.294. The van der Waals surface area contributed by atoms with Gasteiger partial charge in [0.1, 0.15) is 11.9 Å². The minimum Gasteiger partial charge on any atom is -0.435 e. The van der Waals surface area contributed by atoms with Crippen molar-refractivity contribution >= 4 is 0 Å². The molecular weight excluding hydrogens is 274 g/mol. The molecule has 0 aliphatic heterocycles. The van der Waals surface area contributed by atoms with Crippen LogP contribution in [0.5, 0.6) is 5.75 Å². The average Bonchev–Trinajstić information content (AvgIpc) is 2.93. The quantitative estimate of drug-likeness (QED) is 0.926. The maximum atomic E-state index is 12.2. The maximum Gasteiger partial charge on any atom is 0.387 e. The van der Waals surface area contributed by atoms with Crippen molar-refractivity contribution < 1.29 is 18.6 Å². The second-order valence-corrected chi connectivity index (χ2v) is 5.24. The summed E-state index contributed by atoms with van der Waals surface area (Å²) in [6.45, 7) is -2.86. The molecule has 2 nitrogen and oxygen atoms in total. The van der Waals surface area contributed by atoms with Gasteiger partial charge >= 0.3 is 6.61 Å². The highest BCUT2D eigenvalue weighted by Crippen LogP contribution is 2.30. The maximum absolute atomic E-state index is 12.2. The molecule has 0 heterocycles. The van der Waals surface area contributed by atoms with E-state index in [1.165, 1.54) is 23.3 Å². The van der Waals surface area contributed by atoms with Crippen LogP contribution in [0.25, 0.3) is 0 Å². The Morgan fingerprint density at radius 1 is 0.952 bits per heavy atom. The molecule has 0 bridgehead atoms. The molecule has 0 spiro atoms. The summed E-state index contributed by atoms with van der Waals surface area (Å²) in [6.07, 6.45) is 2.43. The van der Waals surface area contributed by atoms with Gasteiger partial charge in [-0.3, -0.25) is 0 Å². The third-order valence-corrected chi connectivity index (χ3v) is 3.84. The highest BCUT2D eigenvalue weighted by Gasteiger charge is 2.16. The Morgan fingerprint density at radius 3 is 2.52 bits per heavy atom. The normalized spacial score (nSPS) is 15.0. The molecule has 1 unspecified atom stereocenters. The molecule has 110 valence electrons. The monoisotopic (exact) mass is 290 g/mol. The topological polar surface area (TPSA) is 29.5 Å². The van der Waals surface area contributed by atoms with Gasteiger partial charge in [0.2, 0.25) is 0 Å². The first-order valence-corrected chi connectivity index (χ1v) is 6.98. The van der Waals surface area contributed by atoms with E-state index in [4.69, 9.17) is 0 Å². The van der Waals surface area contributed by atoms with E-state index < -0.39 is 12.7 Å². The Morgan fingerprint density at radius 2 is 1.71 bits per heavy atom. The lowest BCUT2D eigenvalue weighted by atomic mass is 9.98. The van der Waals surface area contributed by atoms with Gasteiger partial charge in [0.05, 0.1) is 0 Å². The largest absolute Gasteiger partial charge is 0.435 e. The van der Waals surface area contributed by atoms with Gasteiger partial charge in [-0.2, -0.15) is 8.78 Å². The number of aliphatic hydroxyl groups is 1. The number of ether oxygens (including phenoxy) is 1. The van der Waals surface area contributed by atoms with Crippen LogP contribution in [0, 0.1) is 0 Å². The van der Waals surface area contributed by atoms with Crippen LogP contribution >= 0.6 is 0 Å². The molecule has 0 fully saturated rings. The van der Waals surface area contributed by atoms with E-state index in [-0.39, 0.29) is 5.75 Å². The van der Waals surface area contributed by atoms with Crippen LogP contribution in [0.1, 0.15) is 34.8 Å². The van der Waals surface area contributed by atoms with E-state index in [9.17, 15) is 13.9 Å². The zero-order valence-electron chi connectivity index (χ0n) is 11.4. The molecule has 2 aromatic rings. The predicted molar refractivity (Wildman–Crippen MR) is 75.6 cm³/mol. The molecule has 3 rings (SSSR count). The first kappa shape index (κ1) is 14.0. The summed E-state index contributed by atoms with van der Waals surface area (Å²) in [4.78, 5) is 0. The van der Waals surface area contributed by atoms with Gasteiger partial charge in [0.15, 0.2) is 0 Å². The van der Waals surface area contributed by atoms with E-state index >= 15 is 0 Å². The van der Waals surface area contributed by atoms with Crippen molar-refractivity contribution in [2.45, 2.75) is 32.0 Å². The van der Waals surface area contributed by atoms with Crippen LogP contribution in [0.4, 0.5) is 8.78 Å². The number of alkyl halides is 2. The Labute approximate surface area is 122 Å². The van der Waals surface area contributed by atoms with Crippen molar-refractivity contribution in [3.05, 3.63) is 64.7 Å². The zero-order chi connectivity index (χ0) is 14.8. The minimum absolute atomic E-state index is 0.0581. The van der Waals surface area contributed by atoms with Crippen LogP contribution in [-0.2, 0) is 12.8 Å². The predicted octanol–water partition coefficient (Wildman–Crippen LogP) is 3.86. The van der Waals surface area contributed by atoms with Crippen molar-refractivity contribution in [2.75, 3.05) is 0 Å². The fourth-order valence-electron chi connectivity index (χ4n) is 2.82. The molecule has 21 heavy (non-hydrogen) atoms. The Hall–Kier alpha value is -1.94. The molecule has 0 saturated heterocycles. The van der Waals surface area contributed by atoms with Crippen molar-refractivity contribution in [3.8, 4) is 5.75 Å². The number of hydrogen-bond acceptors (Lipinski definition) is 2. The lowest BCUT2D eigenvalue weighted by molar-refractivity contribution is -0.0499. The molecule has 0 aromatic heterocycles. The van der Waals surface area contributed by atoms with Crippen LogP contribution < -0.4 is 4.74 Å². The summed E-state index contributed by atoms with van der Waals surface area (Å²) in [5.41, 5.74) is 3.93. The van der Waals surface area contributed by atoms with Gasteiger partial charge in [0, 0.05) is 0 Å². The van der Waals surface area contributed by atoms with E-state index in [0.29, 0.717) is 5.56 Å². The molecule has 0 radical (unpaired) electrons. The van der Waals surface area contributed by atoms with E-state index in [1.807, 2.05) is 18.2 Å². The third kappa shape index (κ3) is 3.05. The van der Waals surface area contributed by atoms with Crippen LogP contribution in [0.2, 0.25) is 0 Å². The van der Waals surface area contributed by atoms with Crippen LogP contribution in [-0.4, -0.2) is 11.7 Å². The van der Waals surface area contributed by atoms with Gasteiger partial charge in [-0.1, -0.05) is 30.3 Å². The minimum atomic E-state index is -2.86. The number of fused-ring (bicyclic) bond motifs is 1. The zero-order valence-corrected chi connectivity index (χ0v) is 11.4. The first-order chi connectivity index (χ1) is 10.1. The van der Waals surface area contributed by atoms with Gasteiger partial charge < -0.3 is 9.84 Å². The molecule has 2 aromatic carbocycles. The number of aliphatic hydroxyl groups excluding tert-OH is 1. The van der Waals surface area contributed by atoms with Crippen molar-refractivity contribution in [1.29, 1.82) is 0 Å². The molecule has 0 amide bonds. The first-order valence-electron chi connectivity index (χ1n) is 6.98. The second-order valence-electron chi connectivity index (χ2n) is 5.24.